The zero-order valence-corrected chi connectivity index (χ0v) is 12.5. The van der Waals surface area contributed by atoms with Gasteiger partial charge in [-0.15, -0.1) is 11.8 Å². The third-order valence-corrected chi connectivity index (χ3v) is 4.09. The van der Waals surface area contributed by atoms with E-state index in [9.17, 15) is 20.0 Å². The number of non-ortho nitro benzene ring substituents is 1. The minimum atomic E-state index is -1.29. The first-order valence-corrected chi connectivity index (χ1v) is 7.40. The van der Waals surface area contributed by atoms with E-state index < -0.39 is 10.9 Å². The predicted molar refractivity (Wildman–Crippen MR) is 82.9 cm³/mol. The van der Waals surface area contributed by atoms with Crippen molar-refractivity contribution in [1.82, 2.24) is 0 Å². The van der Waals surface area contributed by atoms with Crippen molar-refractivity contribution in [2.24, 2.45) is 5.16 Å². The third kappa shape index (κ3) is 4.07. The van der Waals surface area contributed by atoms with E-state index in [1.807, 2.05) is 0 Å². The van der Waals surface area contributed by atoms with Crippen LogP contribution < -0.4 is 5.11 Å². The zero-order valence-electron chi connectivity index (χ0n) is 11.7. The number of rotatable bonds is 6. The second-order valence-corrected chi connectivity index (χ2v) is 5.44. The fourth-order valence-electron chi connectivity index (χ4n) is 1.85. The number of oxime groups is 1. The molecule has 0 spiro atoms. The van der Waals surface area contributed by atoms with Gasteiger partial charge >= 0.3 is 0 Å². The highest BCUT2D eigenvalue weighted by Gasteiger charge is 2.11. The Balaban J connectivity index is 2.15. The fraction of sp³-hybridized carbons (Fsp3) is 0.0667. The normalized spacial score (nSPS) is 11.2. The first-order valence-electron chi connectivity index (χ1n) is 6.42. The molecule has 1 N–H and O–H groups in total. The minimum absolute atomic E-state index is 0.0542. The molecule has 2 aromatic carbocycles. The van der Waals surface area contributed by atoms with Gasteiger partial charge in [-0.05, 0) is 18.2 Å². The molecule has 0 aromatic heterocycles. The summed E-state index contributed by atoms with van der Waals surface area (Å²) in [6, 6.07) is 11.9. The van der Waals surface area contributed by atoms with E-state index in [1.165, 1.54) is 42.1 Å². The van der Waals surface area contributed by atoms with Crippen LogP contribution in [0, 0.1) is 10.1 Å². The summed E-state index contributed by atoms with van der Waals surface area (Å²) in [7, 11) is 0. The highest BCUT2D eigenvalue weighted by molar-refractivity contribution is 8.00. The summed E-state index contributed by atoms with van der Waals surface area (Å²) < 4.78 is 0. The number of nitro benzene ring substituents is 1. The van der Waals surface area contributed by atoms with Crippen LogP contribution >= 0.6 is 11.8 Å². The van der Waals surface area contributed by atoms with Gasteiger partial charge in [0.25, 0.3) is 5.69 Å². The molecule has 0 aliphatic rings. The quantitative estimate of drug-likeness (QED) is 0.284. The summed E-state index contributed by atoms with van der Waals surface area (Å²) in [5, 5.41) is 34.0. The van der Waals surface area contributed by atoms with Crippen LogP contribution in [0.1, 0.15) is 15.9 Å². The van der Waals surface area contributed by atoms with E-state index in [4.69, 9.17) is 5.21 Å². The van der Waals surface area contributed by atoms with Crippen molar-refractivity contribution in [1.29, 1.82) is 0 Å². The molecule has 0 saturated carbocycles. The molecule has 7 nitrogen and oxygen atoms in total. The fourth-order valence-corrected chi connectivity index (χ4v) is 2.85. The van der Waals surface area contributed by atoms with Crippen LogP contribution in [0.4, 0.5) is 5.69 Å². The van der Waals surface area contributed by atoms with Crippen LogP contribution in [0.3, 0.4) is 0 Å². The van der Waals surface area contributed by atoms with Crippen LogP contribution in [0.25, 0.3) is 0 Å². The highest BCUT2D eigenvalue weighted by Crippen LogP contribution is 2.24. The van der Waals surface area contributed by atoms with Gasteiger partial charge in [-0.1, -0.05) is 23.4 Å². The Morgan fingerprint density at radius 3 is 2.39 bits per heavy atom. The topological polar surface area (TPSA) is 116 Å². The maximum atomic E-state index is 11.0. The lowest BCUT2D eigenvalue weighted by atomic mass is 10.1. The number of carbonyl (C=O) groups is 1. The van der Waals surface area contributed by atoms with Gasteiger partial charge in [0.15, 0.2) is 0 Å². The number of carboxylic acid groups (broad SMARTS) is 1. The van der Waals surface area contributed by atoms with Crippen molar-refractivity contribution in [3.63, 3.8) is 0 Å². The standard InChI is InChI=1S/C15H12N2O5S/c18-15(19)12-3-1-2-4-14(12)23-9-13(16-20)10-5-7-11(8-6-10)17(21)22/h1-8,20H,9H2,(H,18,19)/p-1. The maximum absolute atomic E-state index is 11.0. The minimum Gasteiger partial charge on any atom is -0.545 e. The monoisotopic (exact) mass is 331 g/mol. The van der Waals surface area contributed by atoms with E-state index in [0.717, 1.165) is 0 Å². The Morgan fingerprint density at radius 2 is 1.83 bits per heavy atom. The number of hydrogen-bond acceptors (Lipinski definition) is 7. The number of nitrogens with zero attached hydrogens (tertiary/aromatic N) is 2. The smallest absolute Gasteiger partial charge is 0.269 e. The molecule has 2 aromatic rings. The van der Waals surface area contributed by atoms with Crippen LogP contribution in [0.15, 0.2) is 58.6 Å². The Morgan fingerprint density at radius 1 is 1.17 bits per heavy atom. The lowest BCUT2D eigenvalue weighted by molar-refractivity contribution is -0.384. The molecular weight excluding hydrogens is 320 g/mol. The molecule has 0 bridgehead atoms. The summed E-state index contributed by atoms with van der Waals surface area (Å²) in [6.07, 6.45) is 0. The van der Waals surface area contributed by atoms with Gasteiger partial charge in [-0.2, -0.15) is 0 Å². The molecule has 0 aliphatic carbocycles. The van der Waals surface area contributed by atoms with Gasteiger partial charge < -0.3 is 15.1 Å². The van der Waals surface area contributed by atoms with Gasteiger partial charge in [-0.3, -0.25) is 10.1 Å². The largest absolute Gasteiger partial charge is 0.545 e. The molecule has 0 saturated heterocycles. The summed E-state index contributed by atoms with van der Waals surface area (Å²) in [4.78, 5) is 21.6. The van der Waals surface area contributed by atoms with Gasteiger partial charge in [0, 0.05) is 33.9 Å². The molecule has 0 atom stereocenters. The maximum Gasteiger partial charge on any atom is 0.269 e. The Kier molecular flexibility index (Phi) is 5.32. The van der Waals surface area contributed by atoms with E-state index in [0.29, 0.717) is 10.5 Å². The van der Waals surface area contributed by atoms with Gasteiger partial charge in [0.1, 0.15) is 0 Å². The van der Waals surface area contributed by atoms with Crippen molar-refractivity contribution < 1.29 is 20.0 Å². The summed E-state index contributed by atoms with van der Waals surface area (Å²) >= 11 is 1.17. The molecule has 0 fully saturated rings. The summed E-state index contributed by atoms with van der Waals surface area (Å²) in [5.74, 6) is -1.09. The van der Waals surface area contributed by atoms with Crippen molar-refractivity contribution in [2.75, 3.05) is 5.75 Å². The van der Waals surface area contributed by atoms with E-state index >= 15 is 0 Å². The Labute approximate surface area is 135 Å². The summed E-state index contributed by atoms with van der Waals surface area (Å²) in [6.45, 7) is 0. The second-order valence-electron chi connectivity index (χ2n) is 4.42. The molecule has 23 heavy (non-hydrogen) atoms. The van der Waals surface area contributed by atoms with E-state index in [2.05, 4.69) is 5.16 Å². The van der Waals surface area contributed by atoms with Gasteiger partial charge in [-0.25, -0.2) is 0 Å². The summed E-state index contributed by atoms with van der Waals surface area (Å²) in [5.41, 5.74) is 0.772. The van der Waals surface area contributed by atoms with Crippen LogP contribution in [0.2, 0.25) is 0 Å². The van der Waals surface area contributed by atoms with Crippen molar-refractivity contribution in [3.05, 3.63) is 69.8 Å². The molecule has 8 heteroatoms. The molecule has 0 amide bonds. The van der Waals surface area contributed by atoms with Crippen LogP contribution in [-0.4, -0.2) is 27.6 Å². The number of carbonyl (C=O) groups excluding carboxylic acids is 1. The molecular formula is C15H11N2O5S-. The predicted octanol–water partition coefficient (Wildman–Crippen LogP) is 1.93. The number of thioether (sulfide) groups is 1. The number of aromatic carboxylic acids is 1. The highest BCUT2D eigenvalue weighted by atomic mass is 32.2. The lowest BCUT2D eigenvalue weighted by Gasteiger charge is -2.10. The molecule has 0 radical (unpaired) electrons. The molecule has 0 unspecified atom stereocenters. The van der Waals surface area contributed by atoms with Gasteiger partial charge in [0.2, 0.25) is 0 Å². The number of benzene rings is 2. The molecule has 2 rings (SSSR count). The zero-order chi connectivity index (χ0) is 16.8. The molecule has 0 aliphatic heterocycles. The molecule has 118 valence electrons. The van der Waals surface area contributed by atoms with Crippen molar-refractivity contribution in [2.45, 2.75) is 4.90 Å². The number of nitro groups is 1. The van der Waals surface area contributed by atoms with Crippen LogP contribution in [0.5, 0.6) is 0 Å². The van der Waals surface area contributed by atoms with E-state index in [1.54, 1.807) is 18.2 Å². The number of carboxylic acids is 1. The van der Waals surface area contributed by atoms with Gasteiger partial charge in [0.05, 0.1) is 16.6 Å². The Hall–Kier alpha value is -2.87. The SMILES string of the molecule is O=C([O-])c1ccccc1SCC(=NO)c1ccc([N+](=O)[O-])cc1. The first kappa shape index (κ1) is 16.5. The van der Waals surface area contributed by atoms with Crippen molar-refractivity contribution in [3.8, 4) is 0 Å². The number of hydrogen-bond donors (Lipinski definition) is 1. The third-order valence-electron chi connectivity index (χ3n) is 3.00. The lowest BCUT2D eigenvalue weighted by Crippen LogP contribution is -2.23. The van der Waals surface area contributed by atoms with Crippen molar-refractivity contribution >= 4 is 29.1 Å². The van der Waals surface area contributed by atoms with Crippen LogP contribution in [-0.2, 0) is 0 Å². The average Bonchev–Trinajstić information content (AvgIpc) is 2.56. The molecule has 0 heterocycles. The first-order chi connectivity index (χ1) is 11.0. The van der Waals surface area contributed by atoms with E-state index in [-0.39, 0.29) is 22.7 Å². The second kappa shape index (κ2) is 7.41. The average molecular weight is 331 g/mol. The Bertz CT molecular complexity index is 759.